The van der Waals surface area contributed by atoms with Gasteiger partial charge in [0.05, 0.1) is 0 Å². The third kappa shape index (κ3) is 4.30. The van der Waals surface area contributed by atoms with Crippen LogP contribution in [0, 0.1) is 0 Å². The van der Waals surface area contributed by atoms with Gasteiger partial charge in [-0.1, -0.05) is 12.1 Å². The monoisotopic (exact) mass is 413 g/mol. The summed E-state index contributed by atoms with van der Waals surface area (Å²) in [6.45, 7) is 7.89. The first kappa shape index (κ1) is 20.7. The molecule has 1 aromatic carbocycles. The first-order valence-corrected chi connectivity index (χ1v) is 10.9. The highest BCUT2D eigenvalue weighted by Crippen LogP contribution is 2.36. The number of ether oxygens (including phenoxy) is 1. The molecule has 2 saturated heterocycles. The summed E-state index contributed by atoms with van der Waals surface area (Å²) in [5.41, 5.74) is 3.22. The maximum Gasteiger partial charge on any atom is 0.410 e. The number of imide groups is 1. The number of anilines is 1. The first-order chi connectivity index (χ1) is 14.2. The van der Waals surface area contributed by atoms with Crippen LogP contribution in [-0.4, -0.2) is 54.1 Å². The predicted octanol–water partition coefficient (Wildman–Crippen LogP) is 2.97. The average molecular weight is 414 g/mol. The van der Waals surface area contributed by atoms with E-state index in [-0.39, 0.29) is 23.9 Å². The number of nitrogens with one attached hydrogen (secondary N) is 1. The van der Waals surface area contributed by atoms with Crippen molar-refractivity contribution in [3.63, 3.8) is 0 Å². The number of benzene rings is 1. The van der Waals surface area contributed by atoms with Crippen molar-refractivity contribution < 1.29 is 19.1 Å². The molecular weight excluding hydrogens is 382 g/mol. The highest BCUT2D eigenvalue weighted by Gasteiger charge is 2.35. The molecule has 1 unspecified atom stereocenters. The summed E-state index contributed by atoms with van der Waals surface area (Å²) in [5.74, 6) is 0.0695. The summed E-state index contributed by atoms with van der Waals surface area (Å²) in [4.78, 5) is 40.0. The molecule has 0 saturated carbocycles. The van der Waals surface area contributed by atoms with E-state index < -0.39 is 5.60 Å². The number of rotatable bonds is 2. The number of hydrogen-bond acceptors (Lipinski definition) is 5. The highest BCUT2D eigenvalue weighted by molar-refractivity contribution is 6.01. The van der Waals surface area contributed by atoms with E-state index in [1.165, 1.54) is 11.1 Å². The van der Waals surface area contributed by atoms with Gasteiger partial charge in [-0.05, 0) is 69.6 Å². The lowest BCUT2D eigenvalue weighted by Crippen LogP contribution is -2.52. The molecule has 162 valence electrons. The summed E-state index contributed by atoms with van der Waals surface area (Å²) in [7, 11) is 0. The third-order valence-electron chi connectivity index (χ3n) is 6.24. The van der Waals surface area contributed by atoms with Gasteiger partial charge in [0.25, 0.3) is 0 Å². The minimum absolute atomic E-state index is 0.177. The Morgan fingerprint density at radius 3 is 2.47 bits per heavy atom. The molecule has 0 bridgehead atoms. The number of nitrogens with zero attached hydrogens (tertiary/aromatic N) is 2. The lowest BCUT2D eigenvalue weighted by molar-refractivity contribution is -0.134. The van der Waals surface area contributed by atoms with E-state index >= 15 is 0 Å². The van der Waals surface area contributed by atoms with Crippen molar-refractivity contribution in [1.29, 1.82) is 0 Å². The van der Waals surface area contributed by atoms with Crippen LogP contribution in [0.25, 0.3) is 0 Å². The molecule has 0 radical (unpaired) electrons. The van der Waals surface area contributed by atoms with Gasteiger partial charge >= 0.3 is 6.09 Å². The lowest BCUT2D eigenvalue weighted by Gasteiger charge is -2.34. The van der Waals surface area contributed by atoms with E-state index in [0.717, 1.165) is 31.5 Å². The van der Waals surface area contributed by atoms with Crippen molar-refractivity contribution in [1.82, 2.24) is 10.2 Å². The largest absolute Gasteiger partial charge is 0.444 e. The number of amides is 3. The number of carbonyl (C=O) groups is 3. The molecule has 0 aliphatic carbocycles. The summed E-state index contributed by atoms with van der Waals surface area (Å²) in [5, 5.41) is 2.47. The quantitative estimate of drug-likeness (QED) is 0.754. The molecule has 1 N–H and O–H groups in total. The van der Waals surface area contributed by atoms with Gasteiger partial charge < -0.3 is 14.5 Å². The van der Waals surface area contributed by atoms with Crippen molar-refractivity contribution in [2.75, 3.05) is 24.5 Å². The topological polar surface area (TPSA) is 79.0 Å². The van der Waals surface area contributed by atoms with E-state index in [0.29, 0.717) is 31.8 Å². The van der Waals surface area contributed by atoms with Gasteiger partial charge in [0.1, 0.15) is 11.6 Å². The zero-order valence-electron chi connectivity index (χ0n) is 18.1. The van der Waals surface area contributed by atoms with Crippen molar-refractivity contribution in [3.8, 4) is 0 Å². The van der Waals surface area contributed by atoms with Gasteiger partial charge in [-0.15, -0.1) is 0 Å². The molecule has 3 amide bonds. The van der Waals surface area contributed by atoms with Crippen molar-refractivity contribution in [2.24, 2.45) is 0 Å². The van der Waals surface area contributed by atoms with Gasteiger partial charge in [-0.3, -0.25) is 14.9 Å². The molecule has 3 aliphatic heterocycles. The Labute approximate surface area is 177 Å². The van der Waals surface area contributed by atoms with Crippen LogP contribution in [0.2, 0.25) is 0 Å². The first-order valence-electron chi connectivity index (χ1n) is 10.9. The number of hydrogen-bond donors (Lipinski definition) is 1. The van der Waals surface area contributed by atoms with Crippen LogP contribution >= 0.6 is 0 Å². The van der Waals surface area contributed by atoms with Crippen LogP contribution in [0.1, 0.15) is 63.5 Å². The fourth-order valence-corrected chi connectivity index (χ4v) is 4.73. The minimum atomic E-state index is -0.470. The third-order valence-corrected chi connectivity index (χ3v) is 6.24. The van der Waals surface area contributed by atoms with Gasteiger partial charge in [0.2, 0.25) is 11.8 Å². The van der Waals surface area contributed by atoms with Crippen LogP contribution in [0.5, 0.6) is 0 Å². The molecule has 7 heteroatoms. The highest BCUT2D eigenvalue weighted by atomic mass is 16.6. The van der Waals surface area contributed by atoms with Crippen molar-refractivity contribution in [2.45, 2.75) is 70.4 Å². The summed E-state index contributed by atoms with van der Waals surface area (Å²) in [6, 6.07) is 6.31. The van der Waals surface area contributed by atoms with E-state index in [1.54, 1.807) is 4.90 Å². The standard InChI is InChI=1S/C23H31N3O4/c1-23(2,3)30-22(29)25-11-8-15(9-12-25)16-4-5-18-17(14-16)10-13-26(18)19-6-7-20(27)24-21(19)28/h4-5,14-15,19H,6-13H2,1-3H3,(H,24,27,28). The normalized spacial score (nSPS) is 22.7. The van der Waals surface area contributed by atoms with Crippen molar-refractivity contribution in [3.05, 3.63) is 29.3 Å². The number of piperidine rings is 2. The predicted molar refractivity (Wildman–Crippen MR) is 113 cm³/mol. The Hall–Kier alpha value is -2.57. The molecule has 2 fully saturated rings. The molecular formula is C23H31N3O4. The smallest absolute Gasteiger partial charge is 0.410 e. The van der Waals surface area contributed by atoms with Gasteiger partial charge in [-0.2, -0.15) is 0 Å². The van der Waals surface area contributed by atoms with E-state index in [2.05, 4.69) is 28.4 Å². The molecule has 4 rings (SSSR count). The number of likely N-dealkylation sites (tertiary alicyclic amines) is 1. The zero-order chi connectivity index (χ0) is 21.5. The van der Waals surface area contributed by atoms with Gasteiger partial charge in [0, 0.05) is 31.7 Å². The fourth-order valence-electron chi connectivity index (χ4n) is 4.73. The minimum Gasteiger partial charge on any atom is -0.444 e. The number of carbonyl (C=O) groups excluding carboxylic acids is 3. The van der Waals surface area contributed by atoms with Crippen LogP contribution in [0.3, 0.4) is 0 Å². The Bertz CT molecular complexity index is 852. The summed E-state index contributed by atoms with van der Waals surface area (Å²) < 4.78 is 5.49. The van der Waals surface area contributed by atoms with Gasteiger partial charge in [0.15, 0.2) is 0 Å². The summed E-state index contributed by atoms with van der Waals surface area (Å²) in [6.07, 6.45) is 3.52. The SMILES string of the molecule is CC(C)(C)OC(=O)N1CCC(c2ccc3c(c2)CCN3C2CCC(=O)NC2=O)CC1. The van der Waals surface area contributed by atoms with E-state index in [9.17, 15) is 14.4 Å². The molecule has 3 aliphatic rings. The molecule has 0 aromatic heterocycles. The van der Waals surface area contributed by atoms with Crippen LogP contribution in [0.15, 0.2) is 18.2 Å². The lowest BCUT2D eigenvalue weighted by atomic mass is 9.88. The number of fused-ring (bicyclic) bond motifs is 1. The zero-order valence-corrected chi connectivity index (χ0v) is 18.1. The fraction of sp³-hybridized carbons (Fsp3) is 0.609. The maximum absolute atomic E-state index is 12.3. The Morgan fingerprint density at radius 2 is 1.80 bits per heavy atom. The second kappa shape index (κ2) is 7.93. The van der Waals surface area contributed by atoms with Crippen LogP contribution in [-0.2, 0) is 20.7 Å². The second-order valence-corrected chi connectivity index (χ2v) is 9.54. The van der Waals surface area contributed by atoms with Gasteiger partial charge in [-0.25, -0.2) is 4.79 Å². The van der Waals surface area contributed by atoms with E-state index in [1.807, 2.05) is 20.8 Å². The molecule has 1 atom stereocenters. The molecule has 3 heterocycles. The molecule has 30 heavy (non-hydrogen) atoms. The Balaban J connectivity index is 1.39. The van der Waals surface area contributed by atoms with Crippen LogP contribution in [0.4, 0.5) is 10.5 Å². The maximum atomic E-state index is 12.3. The Kier molecular flexibility index (Phi) is 5.47. The Morgan fingerprint density at radius 1 is 1.07 bits per heavy atom. The molecule has 0 spiro atoms. The molecule has 1 aromatic rings. The molecule has 7 nitrogen and oxygen atoms in total. The van der Waals surface area contributed by atoms with Crippen LogP contribution < -0.4 is 10.2 Å². The van der Waals surface area contributed by atoms with Crippen molar-refractivity contribution >= 4 is 23.6 Å². The second-order valence-electron chi connectivity index (χ2n) is 9.54. The van der Waals surface area contributed by atoms with E-state index in [4.69, 9.17) is 4.74 Å². The summed E-state index contributed by atoms with van der Waals surface area (Å²) >= 11 is 0. The average Bonchev–Trinajstić information content (AvgIpc) is 3.10.